The number of nitrogens with zero attached hydrogens (tertiary/aromatic N) is 2. The van der Waals surface area contributed by atoms with Gasteiger partial charge in [-0.25, -0.2) is 0 Å². The van der Waals surface area contributed by atoms with E-state index in [0.29, 0.717) is 5.69 Å². The SMILES string of the molecule is Cc1cc(/N=N/c2ccccc2)c(O)cc1S(=O)(=O)O. The zero-order chi connectivity index (χ0) is 14.8. The van der Waals surface area contributed by atoms with Crippen molar-refractivity contribution in [2.45, 2.75) is 11.8 Å². The van der Waals surface area contributed by atoms with Gasteiger partial charge in [0.2, 0.25) is 0 Å². The fourth-order valence-corrected chi connectivity index (χ4v) is 2.35. The minimum atomic E-state index is -4.37. The van der Waals surface area contributed by atoms with Crippen molar-refractivity contribution in [1.29, 1.82) is 0 Å². The van der Waals surface area contributed by atoms with Crippen molar-refractivity contribution in [2.75, 3.05) is 0 Å². The zero-order valence-corrected chi connectivity index (χ0v) is 11.4. The van der Waals surface area contributed by atoms with Crippen LogP contribution in [0.5, 0.6) is 5.75 Å². The normalized spacial score (nSPS) is 11.9. The van der Waals surface area contributed by atoms with Crippen LogP contribution < -0.4 is 0 Å². The van der Waals surface area contributed by atoms with Gasteiger partial charge in [0.25, 0.3) is 10.1 Å². The molecule has 2 aromatic carbocycles. The Morgan fingerprint density at radius 2 is 1.70 bits per heavy atom. The lowest BCUT2D eigenvalue weighted by atomic mass is 10.2. The maximum absolute atomic E-state index is 11.1. The molecule has 0 saturated heterocycles. The highest BCUT2D eigenvalue weighted by molar-refractivity contribution is 7.85. The van der Waals surface area contributed by atoms with Gasteiger partial charge in [-0.05, 0) is 30.7 Å². The number of phenolic OH excluding ortho intramolecular Hbond substituents is 1. The standard InChI is InChI=1S/C13H12N2O4S/c1-9-7-11(12(16)8-13(9)20(17,18)19)15-14-10-5-3-2-4-6-10/h2-8,16H,1H3,(H,17,18,19)/b15-14+. The van der Waals surface area contributed by atoms with Gasteiger partial charge in [0.05, 0.1) is 5.69 Å². The molecule has 2 aromatic rings. The van der Waals surface area contributed by atoms with Crippen LogP contribution in [0.1, 0.15) is 5.56 Å². The molecule has 0 aliphatic heterocycles. The van der Waals surface area contributed by atoms with E-state index in [1.807, 2.05) is 6.07 Å². The van der Waals surface area contributed by atoms with Crippen LogP contribution in [0.3, 0.4) is 0 Å². The summed E-state index contributed by atoms with van der Waals surface area (Å²) in [6, 6.07) is 11.2. The van der Waals surface area contributed by atoms with E-state index in [0.717, 1.165) is 6.07 Å². The highest BCUT2D eigenvalue weighted by Gasteiger charge is 2.16. The Morgan fingerprint density at radius 1 is 1.05 bits per heavy atom. The molecule has 0 aliphatic rings. The molecule has 0 radical (unpaired) electrons. The lowest BCUT2D eigenvalue weighted by molar-refractivity contribution is 0.466. The van der Waals surface area contributed by atoms with Crippen LogP contribution in [0.4, 0.5) is 11.4 Å². The Kier molecular flexibility index (Phi) is 3.82. The first-order valence-electron chi connectivity index (χ1n) is 5.66. The molecule has 104 valence electrons. The summed E-state index contributed by atoms with van der Waals surface area (Å²) in [6.45, 7) is 1.49. The highest BCUT2D eigenvalue weighted by atomic mass is 32.2. The Bertz CT molecular complexity index is 755. The second kappa shape index (κ2) is 5.40. The van der Waals surface area contributed by atoms with Gasteiger partial charge < -0.3 is 5.11 Å². The molecule has 0 bridgehead atoms. The highest BCUT2D eigenvalue weighted by Crippen LogP contribution is 2.32. The average molecular weight is 292 g/mol. The third kappa shape index (κ3) is 3.19. The third-order valence-electron chi connectivity index (χ3n) is 2.58. The minimum Gasteiger partial charge on any atom is -0.506 e. The van der Waals surface area contributed by atoms with Crippen LogP contribution in [-0.4, -0.2) is 18.1 Å². The van der Waals surface area contributed by atoms with Crippen LogP contribution >= 0.6 is 0 Å². The molecule has 0 amide bonds. The molecule has 0 aromatic heterocycles. The van der Waals surface area contributed by atoms with E-state index in [2.05, 4.69) is 10.2 Å². The number of hydrogen-bond donors (Lipinski definition) is 2. The zero-order valence-electron chi connectivity index (χ0n) is 10.6. The molecule has 0 heterocycles. The molecule has 2 N–H and O–H groups in total. The molecule has 0 fully saturated rings. The summed E-state index contributed by atoms with van der Waals surface area (Å²) < 4.78 is 31.2. The van der Waals surface area contributed by atoms with E-state index in [1.54, 1.807) is 24.3 Å². The van der Waals surface area contributed by atoms with E-state index in [1.165, 1.54) is 13.0 Å². The van der Waals surface area contributed by atoms with Gasteiger partial charge in [0.1, 0.15) is 16.3 Å². The van der Waals surface area contributed by atoms with Crippen LogP contribution in [0.25, 0.3) is 0 Å². The molecule has 7 heteroatoms. The summed E-state index contributed by atoms with van der Waals surface area (Å²) in [6.07, 6.45) is 0. The van der Waals surface area contributed by atoms with Crippen LogP contribution in [-0.2, 0) is 10.1 Å². The minimum absolute atomic E-state index is 0.124. The number of aromatic hydroxyl groups is 1. The molecular formula is C13H12N2O4S. The first-order valence-corrected chi connectivity index (χ1v) is 7.10. The second-order valence-corrected chi connectivity index (χ2v) is 5.51. The Labute approximate surface area is 116 Å². The van der Waals surface area contributed by atoms with Crippen molar-refractivity contribution in [3.63, 3.8) is 0 Å². The molecule has 6 nitrogen and oxygen atoms in total. The van der Waals surface area contributed by atoms with Crippen molar-refractivity contribution in [2.24, 2.45) is 10.2 Å². The molecule has 0 saturated carbocycles. The van der Waals surface area contributed by atoms with Crippen molar-refractivity contribution in [3.8, 4) is 5.75 Å². The number of aryl methyl sites for hydroxylation is 1. The number of benzene rings is 2. The number of hydrogen-bond acceptors (Lipinski definition) is 5. The van der Waals surface area contributed by atoms with Crippen molar-refractivity contribution in [1.82, 2.24) is 0 Å². The molecule has 0 spiro atoms. The Hall–Kier alpha value is -2.25. The lowest BCUT2D eigenvalue weighted by Gasteiger charge is -2.05. The summed E-state index contributed by atoms with van der Waals surface area (Å²) in [7, 11) is -4.37. The molecule has 0 aliphatic carbocycles. The predicted molar refractivity (Wildman–Crippen MR) is 73.3 cm³/mol. The van der Waals surface area contributed by atoms with Crippen molar-refractivity contribution >= 4 is 21.5 Å². The van der Waals surface area contributed by atoms with Gasteiger partial charge >= 0.3 is 0 Å². The lowest BCUT2D eigenvalue weighted by Crippen LogP contribution is -2.00. The van der Waals surface area contributed by atoms with Gasteiger partial charge in [-0.2, -0.15) is 13.5 Å². The smallest absolute Gasteiger partial charge is 0.294 e. The van der Waals surface area contributed by atoms with Gasteiger partial charge in [-0.3, -0.25) is 4.55 Å². The molecule has 2 rings (SSSR count). The summed E-state index contributed by atoms with van der Waals surface area (Å²) in [5.74, 6) is -0.372. The molecular weight excluding hydrogens is 280 g/mol. The third-order valence-corrected chi connectivity index (χ3v) is 3.58. The fourth-order valence-electron chi connectivity index (χ4n) is 1.63. The van der Waals surface area contributed by atoms with Crippen LogP contribution in [0, 0.1) is 6.92 Å². The van der Waals surface area contributed by atoms with E-state index in [9.17, 15) is 13.5 Å². The Morgan fingerprint density at radius 3 is 2.30 bits per heavy atom. The average Bonchev–Trinajstić information content (AvgIpc) is 2.39. The van der Waals surface area contributed by atoms with Crippen molar-refractivity contribution < 1.29 is 18.1 Å². The quantitative estimate of drug-likeness (QED) is 0.669. The summed E-state index contributed by atoms with van der Waals surface area (Å²) in [4.78, 5) is -0.353. The number of azo groups is 1. The molecule has 20 heavy (non-hydrogen) atoms. The summed E-state index contributed by atoms with van der Waals surface area (Å²) in [5.41, 5.74) is 0.995. The first-order chi connectivity index (χ1) is 9.38. The maximum Gasteiger partial charge on any atom is 0.294 e. The maximum atomic E-state index is 11.1. The summed E-state index contributed by atoms with van der Waals surface area (Å²) >= 11 is 0. The second-order valence-electron chi connectivity index (χ2n) is 4.12. The van der Waals surface area contributed by atoms with E-state index < -0.39 is 10.1 Å². The number of phenols is 1. The summed E-state index contributed by atoms with van der Waals surface area (Å²) in [5, 5.41) is 17.5. The van der Waals surface area contributed by atoms with Gasteiger partial charge in [0.15, 0.2) is 0 Å². The van der Waals surface area contributed by atoms with E-state index in [4.69, 9.17) is 4.55 Å². The first kappa shape index (κ1) is 14.2. The molecule has 0 atom stereocenters. The predicted octanol–water partition coefficient (Wildman–Crippen LogP) is 3.36. The number of rotatable bonds is 3. The van der Waals surface area contributed by atoms with Gasteiger partial charge in [-0.15, -0.1) is 5.11 Å². The van der Waals surface area contributed by atoms with E-state index >= 15 is 0 Å². The van der Waals surface area contributed by atoms with Crippen molar-refractivity contribution in [3.05, 3.63) is 48.0 Å². The fraction of sp³-hybridized carbons (Fsp3) is 0.0769. The van der Waals surface area contributed by atoms with E-state index in [-0.39, 0.29) is 21.9 Å². The largest absolute Gasteiger partial charge is 0.506 e. The monoisotopic (exact) mass is 292 g/mol. The topological polar surface area (TPSA) is 99.3 Å². The van der Waals surface area contributed by atoms with Crippen LogP contribution in [0.2, 0.25) is 0 Å². The van der Waals surface area contributed by atoms with Crippen LogP contribution in [0.15, 0.2) is 57.6 Å². The van der Waals surface area contributed by atoms with Gasteiger partial charge in [-0.1, -0.05) is 18.2 Å². The molecule has 0 unspecified atom stereocenters. The van der Waals surface area contributed by atoms with Gasteiger partial charge in [0, 0.05) is 6.07 Å². The Balaban J connectivity index is 2.40.